The smallest absolute Gasteiger partial charge is 0.343 e. The summed E-state index contributed by atoms with van der Waals surface area (Å²) in [6.07, 6.45) is -0.342. The van der Waals surface area contributed by atoms with Crippen molar-refractivity contribution >= 4 is 31.8 Å². The molecule has 4 aromatic rings. The minimum Gasteiger partial charge on any atom is -0.343 e. The van der Waals surface area contributed by atoms with Gasteiger partial charge >= 0.3 is 11.9 Å². The molecule has 0 aliphatic rings. The fourth-order valence-electron chi connectivity index (χ4n) is 4.20. The summed E-state index contributed by atoms with van der Waals surface area (Å²) in [5.41, 5.74) is 7.77. The van der Waals surface area contributed by atoms with Crippen LogP contribution in [0.3, 0.4) is 0 Å². The van der Waals surface area contributed by atoms with Crippen molar-refractivity contribution in [1.29, 1.82) is 0 Å². The number of aromatic nitrogens is 4. The molecule has 0 atom stereocenters. The van der Waals surface area contributed by atoms with Crippen LogP contribution in [0, 0.1) is 0 Å². The van der Waals surface area contributed by atoms with Gasteiger partial charge in [0.05, 0.1) is 29.5 Å². The summed E-state index contributed by atoms with van der Waals surface area (Å²) in [6, 6.07) is 8.88. The molecule has 0 spiro atoms. The van der Waals surface area contributed by atoms with Crippen LogP contribution < -0.4 is 11.4 Å². The van der Waals surface area contributed by atoms with Crippen molar-refractivity contribution in [3.63, 3.8) is 0 Å². The number of benzene rings is 1. The minimum absolute atomic E-state index is 0.00258. The van der Waals surface area contributed by atoms with Crippen LogP contribution in [0.4, 0.5) is 13.2 Å². The van der Waals surface area contributed by atoms with E-state index in [1.807, 2.05) is 28.8 Å². The summed E-state index contributed by atoms with van der Waals surface area (Å²) in [5, 5.41) is 0.850. The van der Waals surface area contributed by atoms with Gasteiger partial charge in [0.1, 0.15) is 16.4 Å². The van der Waals surface area contributed by atoms with Crippen LogP contribution >= 0.6 is 0 Å². The third-order valence-electron chi connectivity index (χ3n) is 5.66. The van der Waals surface area contributed by atoms with E-state index in [-0.39, 0.29) is 23.3 Å². The summed E-state index contributed by atoms with van der Waals surface area (Å²) in [7, 11) is -3.17. The predicted molar refractivity (Wildman–Crippen MR) is 123 cm³/mol. The molecule has 12 heteroatoms. The fraction of sp³-hybridized carbons (Fsp3) is 0.364. The lowest BCUT2D eigenvalue weighted by Gasteiger charge is -2.12. The lowest BCUT2D eigenvalue weighted by atomic mass is 10.1. The molecule has 2 N–H and O–H groups in total. The summed E-state index contributed by atoms with van der Waals surface area (Å²) < 4.78 is 66.5. The number of pyridine rings is 1. The zero-order chi connectivity index (χ0) is 24.7. The molecule has 0 aliphatic heterocycles. The van der Waals surface area contributed by atoms with Crippen molar-refractivity contribution < 1.29 is 21.6 Å². The number of nitrogens with zero attached hydrogens (tertiary/aromatic N) is 4. The Morgan fingerprint density at radius 2 is 1.79 bits per heavy atom. The number of fused-ring (bicyclic) bond motifs is 2. The highest BCUT2D eigenvalue weighted by Gasteiger charge is 2.31. The SMILES string of the molecule is CS(=O)(=O)CCCn1c(Cn2c(=O)n(CC(F)(F)F)c3ccncc32)cc2cc(CN)ccc21. The number of aryl methyl sites for hydroxylation is 1. The van der Waals surface area contributed by atoms with Gasteiger partial charge in [0, 0.05) is 42.1 Å². The molecule has 0 aliphatic carbocycles. The minimum atomic E-state index is -4.56. The van der Waals surface area contributed by atoms with E-state index in [0.29, 0.717) is 29.8 Å². The van der Waals surface area contributed by atoms with Crippen LogP contribution in [0.2, 0.25) is 0 Å². The second-order valence-corrected chi connectivity index (χ2v) is 10.6. The van der Waals surface area contributed by atoms with Gasteiger partial charge in [-0.2, -0.15) is 13.2 Å². The van der Waals surface area contributed by atoms with Crippen LogP contribution in [-0.4, -0.2) is 45.3 Å². The Bertz CT molecular complexity index is 1520. The van der Waals surface area contributed by atoms with Crippen molar-refractivity contribution in [3.05, 3.63) is 64.5 Å². The molecule has 0 fully saturated rings. The number of imidazole rings is 1. The summed E-state index contributed by atoms with van der Waals surface area (Å²) in [5.74, 6) is -0.0121. The van der Waals surface area contributed by atoms with Gasteiger partial charge in [-0.25, -0.2) is 13.2 Å². The van der Waals surface area contributed by atoms with E-state index < -0.39 is 28.2 Å². The number of halogens is 3. The second-order valence-electron chi connectivity index (χ2n) is 8.30. The first-order chi connectivity index (χ1) is 16.0. The van der Waals surface area contributed by atoms with Gasteiger partial charge in [-0.1, -0.05) is 6.07 Å². The van der Waals surface area contributed by atoms with Crippen LogP contribution in [0.25, 0.3) is 21.9 Å². The van der Waals surface area contributed by atoms with E-state index in [4.69, 9.17) is 5.73 Å². The predicted octanol–water partition coefficient (Wildman–Crippen LogP) is 2.66. The van der Waals surface area contributed by atoms with E-state index >= 15 is 0 Å². The molecule has 34 heavy (non-hydrogen) atoms. The number of rotatable bonds is 8. The molecule has 0 bridgehead atoms. The first-order valence-electron chi connectivity index (χ1n) is 10.6. The maximum atomic E-state index is 13.1. The van der Waals surface area contributed by atoms with Crippen molar-refractivity contribution in [1.82, 2.24) is 18.7 Å². The maximum Gasteiger partial charge on any atom is 0.406 e. The molecule has 1 aromatic carbocycles. The largest absolute Gasteiger partial charge is 0.406 e. The maximum absolute atomic E-state index is 13.1. The Morgan fingerprint density at radius 1 is 1.03 bits per heavy atom. The van der Waals surface area contributed by atoms with E-state index in [0.717, 1.165) is 22.7 Å². The molecular formula is C22H24F3N5O3S. The zero-order valence-corrected chi connectivity index (χ0v) is 19.2. The first-order valence-corrected chi connectivity index (χ1v) is 12.6. The lowest BCUT2D eigenvalue weighted by Crippen LogP contribution is -2.30. The Kier molecular flexibility index (Phi) is 6.30. The number of nitrogens with two attached hydrogens (primary N) is 1. The summed E-state index contributed by atoms with van der Waals surface area (Å²) in [6.45, 7) is -0.712. The van der Waals surface area contributed by atoms with Crippen LogP contribution in [0.15, 0.2) is 47.5 Å². The molecule has 0 saturated carbocycles. The van der Waals surface area contributed by atoms with Gasteiger partial charge in [-0.15, -0.1) is 0 Å². The number of hydrogen-bond donors (Lipinski definition) is 1. The number of alkyl halides is 3. The molecule has 3 aromatic heterocycles. The molecule has 4 rings (SSSR count). The monoisotopic (exact) mass is 495 g/mol. The van der Waals surface area contributed by atoms with Crippen LogP contribution in [0.1, 0.15) is 17.7 Å². The van der Waals surface area contributed by atoms with E-state index in [1.165, 1.54) is 23.0 Å². The van der Waals surface area contributed by atoms with Crippen molar-refractivity contribution in [3.8, 4) is 0 Å². The molecule has 0 radical (unpaired) electrons. The van der Waals surface area contributed by atoms with Gasteiger partial charge in [0.2, 0.25) is 0 Å². The van der Waals surface area contributed by atoms with Crippen molar-refractivity contribution in [2.24, 2.45) is 5.73 Å². The summed E-state index contributed by atoms with van der Waals surface area (Å²) >= 11 is 0. The third kappa shape index (κ3) is 5.02. The number of hydrogen-bond acceptors (Lipinski definition) is 5. The van der Waals surface area contributed by atoms with Crippen LogP contribution in [-0.2, 0) is 36.0 Å². The van der Waals surface area contributed by atoms with Crippen molar-refractivity contribution in [2.75, 3.05) is 12.0 Å². The van der Waals surface area contributed by atoms with E-state index in [1.54, 1.807) is 0 Å². The van der Waals surface area contributed by atoms with E-state index in [2.05, 4.69) is 4.98 Å². The van der Waals surface area contributed by atoms with Gasteiger partial charge in [-0.05, 0) is 36.2 Å². The van der Waals surface area contributed by atoms with Gasteiger partial charge in [0.25, 0.3) is 0 Å². The Balaban J connectivity index is 1.82. The average Bonchev–Trinajstić information content (AvgIpc) is 3.22. The first kappa shape index (κ1) is 24.0. The Labute approximate surface area is 193 Å². The molecule has 0 amide bonds. The van der Waals surface area contributed by atoms with Gasteiger partial charge in [0.15, 0.2) is 0 Å². The Morgan fingerprint density at radius 3 is 2.47 bits per heavy atom. The molecular weight excluding hydrogens is 471 g/mol. The lowest BCUT2D eigenvalue weighted by molar-refractivity contribution is -0.140. The van der Waals surface area contributed by atoms with Gasteiger partial charge in [-0.3, -0.25) is 14.1 Å². The quantitative estimate of drug-likeness (QED) is 0.405. The second kappa shape index (κ2) is 8.91. The average molecular weight is 496 g/mol. The van der Waals surface area contributed by atoms with Crippen LogP contribution in [0.5, 0.6) is 0 Å². The standard InChI is InChI=1S/C22H24F3N5O3S/c1-34(32,33)8-2-7-28-17(10-16-9-15(11-26)3-4-18(16)28)13-29-20-12-27-6-5-19(20)30(21(29)31)14-22(23,24)25/h3-6,9-10,12H,2,7-8,11,13-14,26H2,1H3. The van der Waals surface area contributed by atoms with Crippen molar-refractivity contribution in [2.45, 2.75) is 38.8 Å². The molecule has 3 heterocycles. The fourth-order valence-corrected chi connectivity index (χ4v) is 4.85. The molecule has 0 unspecified atom stereocenters. The van der Waals surface area contributed by atoms with E-state index in [9.17, 15) is 26.4 Å². The number of sulfone groups is 1. The topological polar surface area (TPSA) is 105 Å². The zero-order valence-electron chi connectivity index (χ0n) is 18.4. The highest BCUT2D eigenvalue weighted by Crippen LogP contribution is 2.25. The molecule has 0 saturated heterocycles. The molecule has 8 nitrogen and oxygen atoms in total. The Hall–Kier alpha value is -3.12. The summed E-state index contributed by atoms with van der Waals surface area (Å²) in [4.78, 5) is 17.0. The normalized spacial score (nSPS) is 12.7. The highest BCUT2D eigenvalue weighted by atomic mass is 32.2. The highest BCUT2D eigenvalue weighted by molar-refractivity contribution is 7.90. The molecule has 182 valence electrons. The van der Waals surface area contributed by atoms with Gasteiger partial charge < -0.3 is 10.3 Å². The third-order valence-corrected chi connectivity index (χ3v) is 6.69.